The van der Waals surface area contributed by atoms with Crippen LogP contribution < -0.4 is 5.32 Å². The lowest BCUT2D eigenvalue weighted by molar-refractivity contribution is 0.0496. The molecule has 1 saturated heterocycles. The maximum absolute atomic E-state index is 3.80. The molecule has 0 radical (unpaired) electrons. The van der Waals surface area contributed by atoms with Crippen molar-refractivity contribution in [3.05, 3.63) is 0 Å². The molecule has 1 heterocycles. The van der Waals surface area contributed by atoms with Crippen LogP contribution in [-0.2, 0) is 0 Å². The zero-order chi connectivity index (χ0) is 14.4. The van der Waals surface area contributed by atoms with Crippen LogP contribution in [0.25, 0.3) is 0 Å². The Hall–Kier alpha value is 0.270. The van der Waals surface area contributed by atoms with E-state index in [4.69, 9.17) is 0 Å². The molecule has 0 aromatic carbocycles. The molecule has 1 aliphatic rings. The second-order valence-electron chi connectivity index (χ2n) is 6.43. The molecule has 0 aromatic heterocycles. The number of piperazine rings is 1. The third kappa shape index (κ3) is 4.64. The van der Waals surface area contributed by atoms with Gasteiger partial charge in [0.1, 0.15) is 0 Å². The van der Waals surface area contributed by atoms with Gasteiger partial charge in [-0.1, -0.05) is 41.0 Å². The van der Waals surface area contributed by atoms with E-state index in [2.05, 4.69) is 51.1 Å². The Balaban J connectivity index is 2.77. The standard InChI is InChI=1S/C16H34N2S/c1-7-13(5)15-10-18(14(8-2)11-19-6)16(9-17-15)12(3)4/h12-17H,7-11H2,1-6H3. The van der Waals surface area contributed by atoms with Crippen LogP contribution in [0, 0.1) is 11.8 Å². The summed E-state index contributed by atoms with van der Waals surface area (Å²) < 4.78 is 0. The number of rotatable bonds is 7. The number of nitrogens with one attached hydrogen (secondary N) is 1. The number of hydrogen-bond acceptors (Lipinski definition) is 3. The van der Waals surface area contributed by atoms with Gasteiger partial charge in [-0.05, 0) is 24.5 Å². The van der Waals surface area contributed by atoms with Gasteiger partial charge in [0, 0.05) is 37.0 Å². The van der Waals surface area contributed by atoms with E-state index >= 15 is 0 Å². The van der Waals surface area contributed by atoms with Crippen molar-refractivity contribution in [3.63, 3.8) is 0 Å². The third-order valence-corrected chi connectivity index (χ3v) is 5.54. The van der Waals surface area contributed by atoms with E-state index < -0.39 is 0 Å². The average Bonchev–Trinajstić information content (AvgIpc) is 2.43. The molecule has 0 amide bonds. The summed E-state index contributed by atoms with van der Waals surface area (Å²) in [6.45, 7) is 14.2. The summed E-state index contributed by atoms with van der Waals surface area (Å²) in [6, 6.07) is 2.13. The zero-order valence-corrected chi connectivity index (χ0v) is 14.6. The fraction of sp³-hybridized carbons (Fsp3) is 1.00. The van der Waals surface area contributed by atoms with Gasteiger partial charge in [-0.25, -0.2) is 0 Å². The highest BCUT2D eigenvalue weighted by molar-refractivity contribution is 7.98. The first-order valence-corrected chi connectivity index (χ1v) is 9.42. The predicted molar refractivity (Wildman–Crippen MR) is 89.0 cm³/mol. The molecule has 1 fully saturated rings. The summed E-state index contributed by atoms with van der Waals surface area (Å²) in [4.78, 5) is 2.81. The Morgan fingerprint density at radius 1 is 1.21 bits per heavy atom. The van der Waals surface area contributed by atoms with Crippen molar-refractivity contribution < 1.29 is 0 Å². The maximum atomic E-state index is 3.80. The average molecular weight is 287 g/mol. The summed E-state index contributed by atoms with van der Waals surface area (Å²) >= 11 is 2.00. The van der Waals surface area contributed by atoms with Crippen LogP contribution in [0.2, 0.25) is 0 Å². The van der Waals surface area contributed by atoms with Gasteiger partial charge in [0.05, 0.1) is 0 Å². The van der Waals surface area contributed by atoms with E-state index in [1.807, 2.05) is 11.8 Å². The SMILES string of the molecule is CCC(C)C1CN(C(CC)CSC)C(C(C)C)CN1. The van der Waals surface area contributed by atoms with Crippen molar-refractivity contribution in [1.82, 2.24) is 10.2 Å². The first-order chi connectivity index (χ1) is 9.04. The van der Waals surface area contributed by atoms with Crippen LogP contribution in [0.5, 0.6) is 0 Å². The van der Waals surface area contributed by atoms with Crippen LogP contribution in [0.15, 0.2) is 0 Å². The van der Waals surface area contributed by atoms with Gasteiger partial charge in [0.25, 0.3) is 0 Å². The molecule has 1 N–H and O–H groups in total. The van der Waals surface area contributed by atoms with Crippen molar-refractivity contribution in [2.24, 2.45) is 11.8 Å². The van der Waals surface area contributed by atoms with Gasteiger partial charge in [-0.15, -0.1) is 0 Å². The van der Waals surface area contributed by atoms with Gasteiger partial charge >= 0.3 is 0 Å². The first kappa shape index (κ1) is 17.3. The van der Waals surface area contributed by atoms with Gasteiger partial charge in [0.15, 0.2) is 0 Å². The fourth-order valence-electron chi connectivity index (χ4n) is 3.16. The van der Waals surface area contributed by atoms with E-state index in [1.165, 1.54) is 25.1 Å². The smallest absolute Gasteiger partial charge is 0.0247 e. The van der Waals surface area contributed by atoms with Gasteiger partial charge in [-0.3, -0.25) is 4.90 Å². The number of hydrogen-bond donors (Lipinski definition) is 1. The van der Waals surface area contributed by atoms with E-state index in [0.29, 0.717) is 12.1 Å². The molecule has 1 rings (SSSR count). The molecule has 114 valence electrons. The van der Waals surface area contributed by atoms with Crippen LogP contribution in [0.3, 0.4) is 0 Å². The molecule has 19 heavy (non-hydrogen) atoms. The summed E-state index contributed by atoms with van der Waals surface area (Å²) in [5, 5.41) is 3.80. The van der Waals surface area contributed by atoms with Crippen molar-refractivity contribution in [2.45, 2.75) is 65.6 Å². The molecular weight excluding hydrogens is 252 g/mol. The van der Waals surface area contributed by atoms with Crippen LogP contribution >= 0.6 is 11.8 Å². The molecular formula is C16H34N2S. The lowest BCUT2D eigenvalue weighted by atomic mass is 9.90. The molecule has 4 unspecified atom stereocenters. The molecule has 0 aromatic rings. The van der Waals surface area contributed by atoms with Crippen LogP contribution in [0.1, 0.15) is 47.5 Å². The number of nitrogens with zero attached hydrogens (tertiary/aromatic N) is 1. The lowest BCUT2D eigenvalue weighted by Gasteiger charge is -2.47. The molecule has 4 atom stereocenters. The first-order valence-electron chi connectivity index (χ1n) is 8.03. The van der Waals surface area contributed by atoms with Crippen molar-refractivity contribution in [1.29, 1.82) is 0 Å². The van der Waals surface area contributed by atoms with Crippen molar-refractivity contribution in [3.8, 4) is 0 Å². The maximum Gasteiger partial charge on any atom is 0.0247 e. The minimum atomic E-state index is 0.677. The quantitative estimate of drug-likeness (QED) is 0.771. The van der Waals surface area contributed by atoms with E-state index in [1.54, 1.807) is 0 Å². The molecule has 0 bridgehead atoms. The Kier molecular flexibility index (Phi) is 7.78. The van der Waals surface area contributed by atoms with E-state index in [9.17, 15) is 0 Å². The number of thioether (sulfide) groups is 1. The van der Waals surface area contributed by atoms with E-state index in [0.717, 1.165) is 24.4 Å². The highest BCUT2D eigenvalue weighted by atomic mass is 32.2. The minimum Gasteiger partial charge on any atom is -0.311 e. The van der Waals surface area contributed by atoms with Gasteiger partial charge in [0.2, 0.25) is 0 Å². The molecule has 0 aliphatic carbocycles. The summed E-state index contributed by atoms with van der Waals surface area (Å²) in [5.41, 5.74) is 0. The Morgan fingerprint density at radius 3 is 2.37 bits per heavy atom. The van der Waals surface area contributed by atoms with Gasteiger partial charge < -0.3 is 5.32 Å². The lowest BCUT2D eigenvalue weighted by Crippen LogP contribution is -2.62. The highest BCUT2D eigenvalue weighted by Crippen LogP contribution is 2.24. The second-order valence-corrected chi connectivity index (χ2v) is 7.34. The predicted octanol–water partition coefficient (Wildman–Crippen LogP) is 3.47. The highest BCUT2D eigenvalue weighted by Gasteiger charge is 2.34. The summed E-state index contributed by atoms with van der Waals surface area (Å²) in [7, 11) is 0. The van der Waals surface area contributed by atoms with Crippen molar-refractivity contribution in [2.75, 3.05) is 25.1 Å². The zero-order valence-electron chi connectivity index (χ0n) is 13.8. The molecule has 2 nitrogen and oxygen atoms in total. The van der Waals surface area contributed by atoms with Crippen molar-refractivity contribution >= 4 is 11.8 Å². The molecule has 1 aliphatic heterocycles. The van der Waals surface area contributed by atoms with Gasteiger partial charge in [-0.2, -0.15) is 11.8 Å². The second kappa shape index (κ2) is 8.53. The minimum absolute atomic E-state index is 0.677. The Bertz CT molecular complexity index is 245. The largest absolute Gasteiger partial charge is 0.311 e. The van der Waals surface area contributed by atoms with Crippen LogP contribution in [0.4, 0.5) is 0 Å². The molecule has 0 spiro atoms. The fourth-order valence-corrected chi connectivity index (χ4v) is 3.97. The van der Waals surface area contributed by atoms with E-state index in [-0.39, 0.29) is 0 Å². The monoisotopic (exact) mass is 286 g/mol. The topological polar surface area (TPSA) is 15.3 Å². The third-order valence-electron chi connectivity index (χ3n) is 4.82. The summed E-state index contributed by atoms with van der Waals surface area (Å²) in [5.74, 6) is 2.79. The summed E-state index contributed by atoms with van der Waals surface area (Å²) in [6.07, 6.45) is 4.79. The Labute approximate surface area is 125 Å². The van der Waals surface area contributed by atoms with Crippen LogP contribution in [-0.4, -0.2) is 48.1 Å². The normalized spacial score (nSPS) is 28.6. The molecule has 3 heteroatoms. The Morgan fingerprint density at radius 2 is 1.89 bits per heavy atom. The molecule has 0 saturated carbocycles.